The monoisotopic (exact) mass is 257 g/mol. The lowest BCUT2D eigenvalue weighted by Gasteiger charge is -2.28. The largest absolute Gasteiger partial charge is 0.368 e. The maximum Gasteiger partial charge on any atom is 0.226 e. The minimum Gasteiger partial charge on any atom is -0.368 e. The number of hydrogen-bond acceptors (Lipinski definition) is 5. The summed E-state index contributed by atoms with van der Waals surface area (Å²) in [6.45, 7) is 1.99. The molecule has 0 radical (unpaired) electrons. The van der Waals surface area contributed by atoms with E-state index in [0.717, 1.165) is 13.1 Å². The number of nitrogens with two attached hydrogens (primary N) is 1. The first-order valence-corrected chi connectivity index (χ1v) is 6.91. The van der Waals surface area contributed by atoms with Crippen LogP contribution in [0.5, 0.6) is 0 Å². The second-order valence-corrected chi connectivity index (χ2v) is 4.84. The molecule has 0 atom stereocenters. The first-order chi connectivity index (χ1) is 7.72. The van der Waals surface area contributed by atoms with Gasteiger partial charge in [0.15, 0.2) is 5.11 Å². The van der Waals surface area contributed by atoms with Gasteiger partial charge in [0.1, 0.15) is 0 Å². The molecule has 1 aromatic rings. The van der Waals surface area contributed by atoms with Crippen LogP contribution in [0.1, 0.15) is 19.3 Å². The SMILES string of the molecule is CSc1nc(N)n(C(=S)N2CCCCC2)n1. The maximum atomic E-state index is 5.79. The number of piperidine rings is 1. The summed E-state index contributed by atoms with van der Waals surface area (Å²) in [6.07, 6.45) is 5.57. The molecule has 0 unspecified atom stereocenters. The van der Waals surface area contributed by atoms with E-state index in [0.29, 0.717) is 16.2 Å². The highest BCUT2D eigenvalue weighted by molar-refractivity contribution is 7.98. The fourth-order valence-electron chi connectivity index (χ4n) is 1.75. The van der Waals surface area contributed by atoms with Crippen molar-refractivity contribution in [2.24, 2.45) is 0 Å². The third-order valence-corrected chi connectivity index (χ3v) is 3.57. The summed E-state index contributed by atoms with van der Waals surface area (Å²) in [6, 6.07) is 0. The van der Waals surface area contributed by atoms with Gasteiger partial charge in [-0.2, -0.15) is 9.67 Å². The number of rotatable bonds is 1. The van der Waals surface area contributed by atoms with E-state index in [1.807, 2.05) is 6.26 Å². The Morgan fingerprint density at radius 3 is 2.62 bits per heavy atom. The summed E-state index contributed by atoms with van der Waals surface area (Å²) >= 11 is 6.85. The van der Waals surface area contributed by atoms with Crippen molar-refractivity contribution in [3.8, 4) is 0 Å². The highest BCUT2D eigenvalue weighted by Gasteiger charge is 2.18. The molecule has 0 aromatic carbocycles. The van der Waals surface area contributed by atoms with Crippen LogP contribution in [0.4, 0.5) is 5.95 Å². The molecular formula is C9H15N5S2. The summed E-state index contributed by atoms with van der Waals surface area (Å²) < 4.78 is 1.56. The van der Waals surface area contributed by atoms with Gasteiger partial charge in [0.25, 0.3) is 0 Å². The second kappa shape index (κ2) is 5.01. The molecule has 2 heterocycles. The molecule has 7 heteroatoms. The minimum atomic E-state index is 0.375. The molecule has 2 N–H and O–H groups in total. The number of thioether (sulfide) groups is 1. The Balaban J connectivity index is 2.15. The van der Waals surface area contributed by atoms with Crippen LogP contribution in [0, 0.1) is 0 Å². The number of nitrogens with zero attached hydrogens (tertiary/aromatic N) is 4. The Bertz CT molecular complexity index is 383. The van der Waals surface area contributed by atoms with Crippen LogP contribution in [-0.2, 0) is 0 Å². The van der Waals surface area contributed by atoms with Crippen LogP contribution in [0.25, 0.3) is 0 Å². The first-order valence-electron chi connectivity index (χ1n) is 5.28. The molecule has 0 saturated carbocycles. The summed E-state index contributed by atoms with van der Waals surface area (Å²) in [7, 11) is 0. The first kappa shape index (κ1) is 11.7. The lowest BCUT2D eigenvalue weighted by atomic mass is 10.1. The van der Waals surface area contributed by atoms with Gasteiger partial charge in [-0.05, 0) is 37.7 Å². The summed E-state index contributed by atoms with van der Waals surface area (Å²) in [5.41, 5.74) is 5.79. The van der Waals surface area contributed by atoms with Crippen molar-refractivity contribution in [3.63, 3.8) is 0 Å². The topological polar surface area (TPSA) is 60.0 Å². The van der Waals surface area contributed by atoms with Crippen LogP contribution in [0.15, 0.2) is 5.16 Å². The molecular weight excluding hydrogens is 242 g/mol. The zero-order valence-electron chi connectivity index (χ0n) is 9.22. The fraction of sp³-hybridized carbons (Fsp3) is 0.667. The molecule has 0 spiro atoms. The maximum absolute atomic E-state index is 5.79. The fourth-order valence-corrected chi connectivity index (χ4v) is 2.42. The number of thiocarbonyl (C=S) groups is 1. The number of aromatic nitrogens is 3. The zero-order valence-corrected chi connectivity index (χ0v) is 10.9. The Morgan fingerprint density at radius 2 is 2.06 bits per heavy atom. The van der Waals surface area contributed by atoms with Crippen LogP contribution in [-0.4, -0.2) is 44.1 Å². The van der Waals surface area contributed by atoms with Gasteiger partial charge in [-0.15, -0.1) is 5.10 Å². The molecule has 5 nitrogen and oxygen atoms in total. The average Bonchev–Trinajstić information content (AvgIpc) is 2.71. The predicted octanol–water partition coefficient (Wildman–Crippen LogP) is 1.20. The van der Waals surface area contributed by atoms with Crippen molar-refractivity contribution in [2.45, 2.75) is 24.4 Å². The van der Waals surface area contributed by atoms with Crippen molar-refractivity contribution >= 4 is 35.0 Å². The van der Waals surface area contributed by atoms with Gasteiger partial charge in [0.2, 0.25) is 11.1 Å². The number of hydrogen-bond donors (Lipinski definition) is 1. The van der Waals surface area contributed by atoms with Crippen molar-refractivity contribution in [2.75, 3.05) is 25.1 Å². The highest BCUT2D eigenvalue weighted by Crippen LogP contribution is 2.15. The quantitative estimate of drug-likeness (QED) is 0.602. The average molecular weight is 257 g/mol. The second-order valence-electron chi connectivity index (χ2n) is 3.70. The lowest BCUT2D eigenvalue weighted by Crippen LogP contribution is -2.39. The van der Waals surface area contributed by atoms with E-state index >= 15 is 0 Å². The van der Waals surface area contributed by atoms with E-state index in [1.165, 1.54) is 31.0 Å². The molecule has 88 valence electrons. The lowest BCUT2D eigenvalue weighted by molar-refractivity contribution is 0.337. The third-order valence-electron chi connectivity index (χ3n) is 2.60. The molecule has 1 fully saturated rings. The number of anilines is 1. The Morgan fingerprint density at radius 1 is 1.38 bits per heavy atom. The molecule has 1 aromatic heterocycles. The molecule has 1 aliphatic rings. The van der Waals surface area contributed by atoms with E-state index in [1.54, 1.807) is 4.68 Å². The highest BCUT2D eigenvalue weighted by atomic mass is 32.2. The number of likely N-dealkylation sites (tertiary alicyclic amines) is 1. The van der Waals surface area contributed by atoms with Crippen LogP contribution < -0.4 is 5.73 Å². The number of nitrogen functional groups attached to an aromatic ring is 1. The molecule has 2 rings (SSSR count). The third kappa shape index (κ3) is 2.30. The van der Waals surface area contributed by atoms with Gasteiger partial charge in [0.05, 0.1) is 0 Å². The summed E-state index contributed by atoms with van der Waals surface area (Å²) in [5.74, 6) is 0.375. The van der Waals surface area contributed by atoms with E-state index in [4.69, 9.17) is 18.0 Å². The van der Waals surface area contributed by atoms with Crippen LogP contribution in [0.3, 0.4) is 0 Å². The van der Waals surface area contributed by atoms with Gasteiger partial charge < -0.3 is 10.6 Å². The molecule has 0 aliphatic carbocycles. The summed E-state index contributed by atoms with van der Waals surface area (Å²) in [4.78, 5) is 6.27. The van der Waals surface area contributed by atoms with Crippen molar-refractivity contribution < 1.29 is 0 Å². The zero-order chi connectivity index (χ0) is 11.5. The van der Waals surface area contributed by atoms with E-state index in [2.05, 4.69) is 15.0 Å². The van der Waals surface area contributed by atoms with Gasteiger partial charge in [0, 0.05) is 13.1 Å². The molecule has 0 amide bonds. The minimum absolute atomic E-state index is 0.375. The van der Waals surface area contributed by atoms with Crippen molar-refractivity contribution in [1.82, 2.24) is 19.7 Å². The Kier molecular flexibility index (Phi) is 3.65. The van der Waals surface area contributed by atoms with E-state index in [9.17, 15) is 0 Å². The Hall–Kier alpha value is -0.820. The molecule has 0 bridgehead atoms. The van der Waals surface area contributed by atoms with Crippen molar-refractivity contribution in [1.29, 1.82) is 0 Å². The standard InChI is InChI=1S/C9H15N5S2/c1-16-8-11-7(10)14(12-8)9(15)13-5-3-2-4-6-13/h2-6H2,1H3,(H2,10,11,12). The van der Waals surface area contributed by atoms with Crippen LogP contribution in [0.2, 0.25) is 0 Å². The molecule has 16 heavy (non-hydrogen) atoms. The predicted molar refractivity (Wildman–Crippen MR) is 69.6 cm³/mol. The summed E-state index contributed by atoms with van der Waals surface area (Å²) in [5, 5.41) is 5.60. The smallest absolute Gasteiger partial charge is 0.226 e. The van der Waals surface area contributed by atoms with Gasteiger partial charge in [-0.25, -0.2) is 0 Å². The Labute approximate surface area is 104 Å². The normalized spacial score (nSPS) is 16.4. The van der Waals surface area contributed by atoms with Gasteiger partial charge in [-0.1, -0.05) is 11.8 Å². The molecule has 1 saturated heterocycles. The van der Waals surface area contributed by atoms with E-state index in [-0.39, 0.29) is 0 Å². The van der Waals surface area contributed by atoms with Gasteiger partial charge >= 0.3 is 0 Å². The van der Waals surface area contributed by atoms with Crippen molar-refractivity contribution in [3.05, 3.63) is 0 Å². The van der Waals surface area contributed by atoms with Gasteiger partial charge in [-0.3, -0.25) is 0 Å². The van der Waals surface area contributed by atoms with E-state index < -0.39 is 0 Å². The molecule has 1 aliphatic heterocycles. The van der Waals surface area contributed by atoms with Crippen LogP contribution >= 0.6 is 24.0 Å².